The molecule has 0 aliphatic heterocycles. The second kappa shape index (κ2) is 4.84. The standard InChI is InChI=1S/C10H11F2NO2/c11-9(12)7(8(13)10(14)15)6-4-2-1-3-5-6/h1-5,7-9H,13H2,(H,14,15)/t7-,8-/m1/s1. The summed E-state index contributed by atoms with van der Waals surface area (Å²) in [5, 5.41) is 8.60. The lowest BCUT2D eigenvalue weighted by Crippen LogP contribution is -2.39. The van der Waals surface area contributed by atoms with Gasteiger partial charge in [-0.15, -0.1) is 0 Å². The van der Waals surface area contributed by atoms with Crippen molar-refractivity contribution in [1.29, 1.82) is 0 Å². The average Bonchev–Trinajstić information content (AvgIpc) is 2.18. The summed E-state index contributed by atoms with van der Waals surface area (Å²) in [6.45, 7) is 0. The number of hydrogen-bond acceptors (Lipinski definition) is 2. The number of rotatable bonds is 4. The van der Waals surface area contributed by atoms with E-state index in [1.54, 1.807) is 18.2 Å². The third kappa shape index (κ3) is 2.73. The van der Waals surface area contributed by atoms with Crippen LogP contribution in [0.2, 0.25) is 0 Å². The average molecular weight is 215 g/mol. The second-order valence-electron chi connectivity index (χ2n) is 3.13. The van der Waals surface area contributed by atoms with Gasteiger partial charge in [0, 0.05) is 0 Å². The molecule has 1 aromatic rings. The van der Waals surface area contributed by atoms with Gasteiger partial charge >= 0.3 is 5.97 Å². The van der Waals surface area contributed by atoms with Crippen molar-refractivity contribution in [3.05, 3.63) is 35.9 Å². The Labute approximate surface area is 85.5 Å². The maximum absolute atomic E-state index is 12.7. The number of aliphatic carboxylic acids is 1. The van der Waals surface area contributed by atoms with Crippen molar-refractivity contribution >= 4 is 5.97 Å². The number of hydrogen-bond donors (Lipinski definition) is 2. The molecule has 0 fully saturated rings. The zero-order valence-electron chi connectivity index (χ0n) is 7.81. The van der Waals surface area contributed by atoms with Gasteiger partial charge in [0.1, 0.15) is 6.04 Å². The molecule has 0 aromatic heterocycles. The predicted molar refractivity (Wildman–Crippen MR) is 50.8 cm³/mol. The SMILES string of the molecule is N[C@@H](C(=O)O)[C@@H](c1ccccc1)C(F)F. The zero-order chi connectivity index (χ0) is 11.4. The van der Waals surface area contributed by atoms with Crippen LogP contribution in [0.15, 0.2) is 30.3 Å². The Morgan fingerprint density at radius 2 is 1.80 bits per heavy atom. The molecule has 82 valence electrons. The van der Waals surface area contributed by atoms with Crippen molar-refractivity contribution in [3.8, 4) is 0 Å². The van der Waals surface area contributed by atoms with E-state index in [-0.39, 0.29) is 5.56 Å². The summed E-state index contributed by atoms with van der Waals surface area (Å²) < 4.78 is 25.3. The molecular formula is C10H11F2NO2. The van der Waals surface area contributed by atoms with Crippen molar-refractivity contribution in [2.75, 3.05) is 0 Å². The topological polar surface area (TPSA) is 63.3 Å². The minimum Gasteiger partial charge on any atom is -0.480 e. The maximum Gasteiger partial charge on any atom is 0.321 e. The van der Waals surface area contributed by atoms with Gasteiger partial charge in [-0.1, -0.05) is 30.3 Å². The Bertz CT molecular complexity index is 329. The molecule has 15 heavy (non-hydrogen) atoms. The summed E-state index contributed by atoms with van der Waals surface area (Å²) in [4.78, 5) is 10.6. The van der Waals surface area contributed by atoms with Gasteiger partial charge in [-0.05, 0) is 5.56 Å². The third-order valence-electron chi connectivity index (χ3n) is 2.13. The molecule has 5 heteroatoms. The first-order chi connectivity index (χ1) is 7.04. The van der Waals surface area contributed by atoms with E-state index >= 15 is 0 Å². The number of nitrogens with two attached hydrogens (primary N) is 1. The van der Waals surface area contributed by atoms with Crippen LogP contribution < -0.4 is 5.73 Å². The highest BCUT2D eigenvalue weighted by Crippen LogP contribution is 2.25. The minimum absolute atomic E-state index is 0.238. The monoisotopic (exact) mass is 215 g/mol. The lowest BCUT2D eigenvalue weighted by atomic mass is 9.92. The molecule has 0 amide bonds. The van der Waals surface area contributed by atoms with Crippen molar-refractivity contribution < 1.29 is 18.7 Å². The van der Waals surface area contributed by atoms with Gasteiger partial charge in [-0.3, -0.25) is 4.79 Å². The quantitative estimate of drug-likeness (QED) is 0.798. The van der Waals surface area contributed by atoms with Gasteiger partial charge in [-0.25, -0.2) is 8.78 Å². The molecule has 3 nitrogen and oxygen atoms in total. The Balaban J connectivity index is 2.99. The van der Waals surface area contributed by atoms with E-state index in [9.17, 15) is 13.6 Å². The Morgan fingerprint density at radius 1 is 1.27 bits per heavy atom. The maximum atomic E-state index is 12.7. The fraction of sp³-hybridized carbons (Fsp3) is 0.300. The largest absolute Gasteiger partial charge is 0.480 e. The van der Waals surface area contributed by atoms with Crippen molar-refractivity contribution in [2.24, 2.45) is 5.73 Å². The van der Waals surface area contributed by atoms with E-state index in [0.717, 1.165) is 0 Å². The molecule has 3 N–H and O–H groups in total. The molecular weight excluding hydrogens is 204 g/mol. The van der Waals surface area contributed by atoms with Crippen LogP contribution in [-0.4, -0.2) is 23.5 Å². The third-order valence-corrected chi connectivity index (χ3v) is 2.13. The van der Waals surface area contributed by atoms with E-state index in [0.29, 0.717) is 0 Å². The van der Waals surface area contributed by atoms with Gasteiger partial charge in [0.05, 0.1) is 5.92 Å². The molecule has 0 aliphatic rings. The van der Waals surface area contributed by atoms with Crippen LogP contribution in [0.5, 0.6) is 0 Å². The van der Waals surface area contributed by atoms with Gasteiger partial charge < -0.3 is 10.8 Å². The van der Waals surface area contributed by atoms with Gasteiger partial charge in [0.15, 0.2) is 0 Å². The Morgan fingerprint density at radius 3 is 2.20 bits per heavy atom. The highest BCUT2D eigenvalue weighted by Gasteiger charge is 2.33. The Hall–Kier alpha value is -1.49. The summed E-state index contributed by atoms with van der Waals surface area (Å²) in [5.74, 6) is -2.90. The summed E-state index contributed by atoms with van der Waals surface area (Å²) in [6.07, 6.45) is -2.79. The molecule has 1 rings (SSSR count). The molecule has 1 aromatic carbocycles. The number of carbonyl (C=O) groups is 1. The fourth-order valence-corrected chi connectivity index (χ4v) is 1.34. The van der Waals surface area contributed by atoms with Crippen LogP contribution in [0, 0.1) is 0 Å². The number of carboxylic acids is 1. The Kier molecular flexibility index (Phi) is 3.74. The minimum atomic E-state index is -2.79. The molecule has 0 aliphatic carbocycles. The predicted octanol–water partition coefficient (Wildman–Crippen LogP) is 1.45. The lowest BCUT2D eigenvalue weighted by Gasteiger charge is -2.20. The van der Waals surface area contributed by atoms with Crippen molar-refractivity contribution in [1.82, 2.24) is 0 Å². The number of carboxylic acid groups (broad SMARTS) is 1. The van der Waals surface area contributed by atoms with Crippen LogP contribution in [0.1, 0.15) is 11.5 Å². The normalized spacial score (nSPS) is 14.9. The summed E-state index contributed by atoms with van der Waals surface area (Å²) in [7, 11) is 0. The fourth-order valence-electron chi connectivity index (χ4n) is 1.34. The zero-order valence-corrected chi connectivity index (χ0v) is 7.81. The molecule has 0 radical (unpaired) electrons. The van der Waals surface area contributed by atoms with Crippen LogP contribution in [0.25, 0.3) is 0 Å². The highest BCUT2D eigenvalue weighted by atomic mass is 19.3. The van der Waals surface area contributed by atoms with Gasteiger partial charge in [0.25, 0.3) is 0 Å². The van der Waals surface area contributed by atoms with E-state index < -0.39 is 24.4 Å². The first kappa shape index (κ1) is 11.6. The summed E-state index contributed by atoms with van der Waals surface area (Å²) in [6, 6.07) is 6.10. The van der Waals surface area contributed by atoms with Gasteiger partial charge in [0.2, 0.25) is 6.43 Å². The molecule has 2 atom stereocenters. The van der Waals surface area contributed by atoms with Crippen LogP contribution >= 0.6 is 0 Å². The molecule has 0 saturated heterocycles. The summed E-state index contributed by atoms with van der Waals surface area (Å²) >= 11 is 0. The van der Waals surface area contributed by atoms with Crippen molar-refractivity contribution in [3.63, 3.8) is 0 Å². The second-order valence-corrected chi connectivity index (χ2v) is 3.13. The van der Waals surface area contributed by atoms with E-state index in [4.69, 9.17) is 10.8 Å². The molecule has 0 spiro atoms. The lowest BCUT2D eigenvalue weighted by molar-refractivity contribution is -0.140. The van der Waals surface area contributed by atoms with E-state index in [1.807, 2.05) is 0 Å². The van der Waals surface area contributed by atoms with Crippen LogP contribution in [0.3, 0.4) is 0 Å². The van der Waals surface area contributed by atoms with Gasteiger partial charge in [-0.2, -0.15) is 0 Å². The number of alkyl halides is 2. The highest BCUT2D eigenvalue weighted by molar-refractivity contribution is 5.74. The molecule has 0 saturated carbocycles. The molecule has 0 unspecified atom stereocenters. The first-order valence-electron chi connectivity index (χ1n) is 4.35. The van der Waals surface area contributed by atoms with Crippen LogP contribution in [-0.2, 0) is 4.79 Å². The van der Waals surface area contributed by atoms with Crippen molar-refractivity contribution in [2.45, 2.75) is 18.4 Å². The molecule has 0 bridgehead atoms. The number of benzene rings is 1. The van der Waals surface area contributed by atoms with E-state index in [1.165, 1.54) is 12.1 Å². The van der Waals surface area contributed by atoms with Crippen LogP contribution in [0.4, 0.5) is 8.78 Å². The smallest absolute Gasteiger partial charge is 0.321 e. The number of halogens is 2. The van der Waals surface area contributed by atoms with E-state index in [2.05, 4.69) is 0 Å². The first-order valence-corrected chi connectivity index (χ1v) is 4.35. The summed E-state index contributed by atoms with van der Waals surface area (Å²) in [5.41, 5.74) is 5.45. The molecule has 0 heterocycles.